The maximum atomic E-state index is 13.1. The van der Waals surface area contributed by atoms with E-state index in [0.717, 1.165) is 17.7 Å². The molecule has 9 heteroatoms. The molecule has 0 aliphatic heterocycles. The molecular weight excluding hydrogens is 434 g/mol. The second-order valence-corrected chi connectivity index (χ2v) is 7.72. The zero-order valence-corrected chi connectivity index (χ0v) is 19.1. The minimum Gasteiger partial charge on any atom is -0.493 e. The van der Waals surface area contributed by atoms with Crippen LogP contribution in [-0.4, -0.2) is 38.5 Å². The number of methoxy groups -OCH3 is 2. The number of rotatable bonds is 7. The molecule has 0 aliphatic carbocycles. The topological polar surface area (TPSA) is 96.7 Å². The molecular formula is C25H23N5O4. The highest BCUT2D eigenvalue weighted by Crippen LogP contribution is 2.31. The Bertz CT molecular complexity index is 1510. The fourth-order valence-electron chi connectivity index (χ4n) is 3.76. The standard InChI is InChI=1S/C25H23N5O4/c1-4-16-5-7-17(8-6-16)19-14-20-25(31)29(11-12-30(20)27-19)15-23-26-24(28-34-23)18-9-10-21(32-2)22(13-18)33-3/h5-14H,4,15H2,1-3H3. The molecule has 0 saturated heterocycles. The molecule has 0 amide bonds. The molecule has 0 N–H and O–H groups in total. The summed E-state index contributed by atoms with van der Waals surface area (Å²) in [6.07, 6.45) is 4.37. The van der Waals surface area contributed by atoms with Gasteiger partial charge in [-0.15, -0.1) is 0 Å². The third-order valence-electron chi connectivity index (χ3n) is 5.68. The van der Waals surface area contributed by atoms with Crippen LogP contribution in [0.4, 0.5) is 0 Å². The Morgan fingerprint density at radius 2 is 1.71 bits per heavy atom. The molecule has 5 aromatic rings. The van der Waals surface area contributed by atoms with Gasteiger partial charge in [-0.25, -0.2) is 4.52 Å². The van der Waals surface area contributed by atoms with Crippen LogP contribution in [0.1, 0.15) is 18.4 Å². The Morgan fingerprint density at radius 1 is 0.941 bits per heavy atom. The Kier molecular flexibility index (Phi) is 5.59. The van der Waals surface area contributed by atoms with Crippen LogP contribution in [0.15, 0.2) is 70.2 Å². The van der Waals surface area contributed by atoms with Crippen molar-refractivity contribution in [2.24, 2.45) is 0 Å². The fourth-order valence-corrected chi connectivity index (χ4v) is 3.76. The van der Waals surface area contributed by atoms with Gasteiger partial charge in [-0.1, -0.05) is 36.3 Å². The van der Waals surface area contributed by atoms with Gasteiger partial charge in [0.1, 0.15) is 12.1 Å². The van der Waals surface area contributed by atoms with Crippen molar-refractivity contribution in [3.8, 4) is 34.1 Å². The molecule has 172 valence electrons. The average molecular weight is 457 g/mol. The number of hydrogen-bond donors (Lipinski definition) is 0. The lowest BCUT2D eigenvalue weighted by atomic mass is 10.1. The molecule has 0 aliphatic rings. The molecule has 5 rings (SSSR count). The summed E-state index contributed by atoms with van der Waals surface area (Å²) in [5, 5.41) is 8.60. The summed E-state index contributed by atoms with van der Waals surface area (Å²) in [6, 6.07) is 15.3. The maximum Gasteiger partial charge on any atom is 0.277 e. The third kappa shape index (κ3) is 3.92. The van der Waals surface area contributed by atoms with Crippen molar-refractivity contribution in [3.05, 3.63) is 82.7 Å². The van der Waals surface area contributed by atoms with Crippen LogP contribution in [0.5, 0.6) is 11.5 Å². The van der Waals surface area contributed by atoms with Crippen LogP contribution in [0, 0.1) is 0 Å². The van der Waals surface area contributed by atoms with E-state index >= 15 is 0 Å². The molecule has 0 bridgehead atoms. The van der Waals surface area contributed by atoms with Crippen LogP contribution in [0.25, 0.3) is 28.2 Å². The van der Waals surface area contributed by atoms with E-state index < -0.39 is 0 Å². The van der Waals surface area contributed by atoms with Gasteiger partial charge in [-0.2, -0.15) is 10.1 Å². The van der Waals surface area contributed by atoms with E-state index in [1.807, 2.05) is 18.2 Å². The van der Waals surface area contributed by atoms with Crippen LogP contribution >= 0.6 is 0 Å². The van der Waals surface area contributed by atoms with Gasteiger partial charge in [0.05, 0.1) is 19.9 Å². The first-order valence-corrected chi connectivity index (χ1v) is 10.8. The van der Waals surface area contributed by atoms with Gasteiger partial charge in [-0.05, 0) is 36.2 Å². The monoisotopic (exact) mass is 457 g/mol. The van der Waals surface area contributed by atoms with Crippen molar-refractivity contribution in [2.75, 3.05) is 14.2 Å². The van der Waals surface area contributed by atoms with Crippen LogP contribution < -0.4 is 15.0 Å². The molecule has 0 unspecified atom stereocenters. The fraction of sp³-hybridized carbons (Fsp3) is 0.200. The van der Waals surface area contributed by atoms with Gasteiger partial charge in [0, 0.05) is 23.5 Å². The van der Waals surface area contributed by atoms with Gasteiger partial charge in [0.2, 0.25) is 11.7 Å². The number of hydrogen-bond acceptors (Lipinski definition) is 7. The first-order chi connectivity index (χ1) is 16.6. The summed E-state index contributed by atoms with van der Waals surface area (Å²) in [4.78, 5) is 17.5. The van der Waals surface area contributed by atoms with Crippen LogP contribution in [-0.2, 0) is 13.0 Å². The molecule has 3 heterocycles. The quantitative estimate of drug-likeness (QED) is 0.366. The van der Waals surface area contributed by atoms with Crippen LogP contribution in [0.3, 0.4) is 0 Å². The van der Waals surface area contributed by atoms with Crippen molar-refractivity contribution in [1.82, 2.24) is 24.3 Å². The highest BCUT2D eigenvalue weighted by molar-refractivity contribution is 5.65. The van der Waals surface area contributed by atoms with Crippen LogP contribution in [0.2, 0.25) is 0 Å². The normalized spacial score (nSPS) is 11.1. The molecule has 0 radical (unpaired) electrons. The second-order valence-electron chi connectivity index (χ2n) is 7.72. The molecule has 0 spiro atoms. The summed E-state index contributed by atoms with van der Waals surface area (Å²) in [5.41, 5.74) is 3.94. The van der Waals surface area contributed by atoms with Crippen molar-refractivity contribution >= 4 is 5.52 Å². The minimum atomic E-state index is -0.197. The van der Waals surface area contributed by atoms with E-state index in [0.29, 0.717) is 34.3 Å². The van der Waals surface area contributed by atoms with E-state index in [9.17, 15) is 4.79 Å². The van der Waals surface area contributed by atoms with Gasteiger partial charge >= 0.3 is 0 Å². The molecule has 0 atom stereocenters. The summed E-state index contributed by atoms with van der Waals surface area (Å²) in [7, 11) is 3.14. The predicted molar refractivity (Wildman–Crippen MR) is 126 cm³/mol. The smallest absolute Gasteiger partial charge is 0.277 e. The number of aryl methyl sites for hydroxylation is 1. The third-order valence-corrected chi connectivity index (χ3v) is 5.68. The van der Waals surface area contributed by atoms with Crippen molar-refractivity contribution in [2.45, 2.75) is 19.9 Å². The van der Waals surface area contributed by atoms with E-state index in [4.69, 9.17) is 14.0 Å². The number of nitrogens with zero attached hydrogens (tertiary/aromatic N) is 5. The van der Waals surface area contributed by atoms with Crippen molar-refractivity contribution < 1.29 is 14.0 Å². The first-order valence-electron chi connectivity index (χ1n) is 10.8. The summed E-state index contributed by atoms with van der Waals surface area (Å²) < 4.78 is 19.1. The largest absolute Gasteiger partial charge is 0.493 e. The van der Waals surface area contributed by atoms with E-state index in [1.165, 1.54) is 10.1 Å². The van der Waals surface area contributed by atoms with E-state index in [1.54, 1.807) is 49.3 Å². The summed E-state index contributed by atoms with van der Waals surface area (Å²) in [6.45, 7) is 2.25. The van der Waals surface area contributed by atoms with E-state index in [2.05, 4.69) is 34.3 Å². The van der Waals surface area contributed by atoms with Gasteiger partial charge < -0.3 is 18.6 Å². The number of ether oxygens (including phenoxy) is 2. The van der Waals surface area contributed by atoms with Gasteiger partial charge in [0.25, 0.3) is 5.56 Å². The molecule has 3 aromatic heterocycles. The molecule has 0 saturated carbocycles. The Morgan fingerprint density at radius 3 is 2.44 bits per heavy atom. The number of fused-ring (bicyclic) bond motifs is 1. The summed E-state index contributed by atoms with van der Waals surface area (Å²) in [5.74, 6) is 1.88. The highest BCUT2D eigenvalue weighted by atomic mass is 16.5. The lowest BCUT2D eigenvalue weighted by molar-refractivity contribution is 0.355. The molecule has 2 aromatic carbocycles. The summed E-state index contributed by atoms with van der Waals surface area (Å²) >= 11 is 0. The number of benzene rings is 2. The zero-order chi connectivity index (χ0) is 23.7. The molecule has 9 nitrogen and oxygen atoms in total. The Hall–Kier alpha value is -4.40. The molecule has 0 fully saturated rings. The highest BCUT2D eigenvalue weighted by Gasteiger charge is 2.15. The Labute approximate surface area is 195 Å². The predicted octanol–water partition coefficient (Wildman–Crippen LogP) is 3.84. The maximum absolute atomic E-state index is 13.1. The van der Waals surface area contributed by atoms with E-state index in [-0.39, 0.29) is 12.1 Å². The van der Waals surface area contributed by atoms with Gasteiger partial charge in [-0.3, -0.25) is 4.79 Å². The minimum absolute atomic E-state index is 0.140. The zero-order valence-electron chi connectivity index (χ0n) is 19.1. The second kappa shape index (κ2) is 8.86. The van der Waals surface area contributed by atoms with Gasteiger partial charge in [0.15, 0.2) is 11.5 Å². The van der Waals surface area contributed by atoms with Crippen molar-refractivity contribution in [1.29, 1.82) is 0 Å². The lowest BCUT2D eigenvalue weighted by Gasteiger charge is -2.07. The first kappa shape index (κ1) is 21.4. The SMILES string of the molecule is CCc1ccc(-c2cc3c(=O)n(Cc4nc(-c5ccc(OC)c(OC)c5)no4)ccn3n2)cc1. The Balaban J connectivity index is 1.42. The number of aromatic nitrogens is 5. The van der Waals surface area contributed by atoms with Crippen molar-refractivity contribution in [3.63, 3.8) is 0 Å². The molecule has 34 heavy (non-hydrogen) atoms. The lowest BCUT2D eigenvalue weighted by Crippen LogP contribution is -2.21. The average Bonchev–Trinajstić information content (AvgIpc) is 3.53.